The van der Waals surface area contributed by atoms with Crippen LogP contribution in [-0.4, -0.2) is 59.5 Å². The number of rotatable bonds is 5. The number of benzene rings is 1. The SMILES string of the molecule is O=C(NCCN1CCN(c2ccccc2)CC1)c1cc2c(nc3sccn32)s1. The first kappa shape index (κ1) is 17.7. The van der Waals surface area contributed by atoms with E-state index in [0.29, 0.717) is 6.54 Å². The van der Waals surface area contributed by atoms with Crippen LogP contribution in [0.1, 0.15) is 9.67 Å². The van der Waals surface area contributed by atoms with Crippen LogP contribution in [0.15, 0.2) is 48.0 Å². The van der Waals surface area contributed by atoms with Gasteiger partial charge < -0.3 is 10.2 Å². The van der Waals surface area contributed by atoms with Gasteiger partial charge in [-0.15, -0.1) is 22.7 Å². The van der Waals surface area contributed by atoms with E-state index in [-0.39, 0.29) is 5.91 Å². The third kappa shape index (κ3) is 3.39. The molecule has 3 aromatic heterocycles. The standard InChI is InChI=1S/C20H21N5OS2/c26-18(17-14-16-19(28-17)22-20-25(16)12-13-27-20)21-6-7-23-8-10-24(11-9-23)15-4-2-1-3-5-15/h1-5,12-14H,6-11H2,(H,21,26). The van der Waals surface area contributed by atoms with Crippen LogP contribution in [0.5, 0.6) is 0 Å². The molecular formula is C20H21N5OS2. The van der Waals surface area contributed by atoms with Crippen LogP contribution in [-0.2, 0) is 0 Å². The molecule has 4 heterocycles. The van der Waals surface area contributed by atoms with Gasteiger partial charge in [0.05, 0.1) is 10.4 Å². The maximum atomic E-state index is 12.5. The number of carbonyl (C=O) groups excluding carboxylic acids is 1. The van der Waals surface area contributed by atoms with Gasteiger partial charge in [-0.1, -0.05) is 18.2 Å². The minimum Gasteiger partial charge on any atom is -0.369 e. The minimum absolute atomic E-state index is 0.00472. The predicted molar refractivity (Wildman–Crippen MR) is 116 cm³/mol. The molecule has 1 aliphatic heterocycles. The molecule has 6 nitrogen and oxygen atoms in total. The number of hydrogen-bond donors (Lipinski definition) is 1. The van der Waals surface area contributed by atoms with E-state index in [0.717, 1.165) is 52.9 Å². The highest BCUT2D eigenvalue weighted by atomic mass is 32.1. The highest BCUT2D eigenvalue weighted by Gasteiger charge is 2.18. The second-order valence-corrected chi connectivity index (χ2v) is 8.79. The molecule has 4 aromatic rings. The van der Waals surface area contributed by atoms with Crippen molar-refractivity contribution in [1.29, 1.82) is 0 Å². The zero-order chi connectivity index (χ0) is 18.9. The lowest BCUT2D eigenvalue weighted by atomic mass is 10.2. The maximum absolute atomic E-state index is 12.5. The summed E-state index contributed by atoms with van der Waals surface area (Å²) in [5.41, 5.74) is 2.31. The number of fused-ring (bicyclic) bond motifs is 3. The van der Waals surface area contributed by atoms with E-state index in [2.05, 4.69) is 50.4 Å². The van der Waals surface area contributed by atoms with Gasteiger partial charge in [-0.2, -0.15) is 0 Å². The third-order valence-corrected chi connectivity index (χ3v) is 6.94. The number of nitrogens with zero attached hydrogens (tertiary/aromatic N) is 4. The number of nitrogens with one attached hydrogen (secondary N) is 1. The van der Waals surface area contributed by atoms with Gasteiger partial charge in [0.25, 0.3) is 5.91 Å². The summed E-state index contributed by atoms with van der Waals surface area (Å²) < 4.78 is 2.04. The maximum Gasteiger partial charge on any atom is 0.261 e. The monoisotopic (exact) mass is 411 g/mol. The summed E-state index contributed by atoms with van der Waals surface area (Å²) in [6.07, 6.45) is 2.00. The Morgan fingerprint density at radius 2 is 1.96 bits per heavy atom. The number of anilines is 1. The molecule has 5 rings (SSSR count). The number of aromatic nitrogens is 2. The Hall–Kier alpha value is -2.42. The molecule has 1 aliphatic rings. The van der Waals surface area contributed by atoms with Gasteiger partial charge in [0, 0.05) is 56.5 Å². The molecule has 0 aliphatic carbocycles. The first-order valence-corrected chi connectivity index (χ1v) is 11.1. The van der Waals surface area contributed by atoms with E-state index >= 15 is 0 Å². The summed E-state index contributed by atoms with van der Waals surface area (Å²) >= 11 is 3.07. The first-order chi connectivity index (χ1) is 13.8. The van der Waals surface area contributed by atoms with Crippen LogP contribution in [0.3, 0.4) is 0 Å². The molecule has 0 saturated carbocycles. The van der Waals surface area contributed by atoms with E-state index in [1.54, 1.807) is 11.3 Å². The van der Waals surface area contributed by atoms with Crippen molar-refractivity contribution >= 4 is 49.6 Å². The highest BCUT2D eigenvalue weighted by Crippen LogP contribution is 2.28. The average molecular weight is 412 g/mol. The molecular weight excluding hydrogens is 390 g/mol. The van der Waals surface area contributed by atoms with Gasteiger partial charge in [-0.25, -0.2) is 4.98 Å². The number of carbonyl (C=O) groups is 1. The van der Waals surface area contributed by atoms with E-state index < -0.39 is 0 Å². The number of thiazole rings is 1. The fraction of sp³-hybridized carbons (Fsp3) is 0.300. The van der Waals surface area contributed by atoms with Crippen molar-refractivity contribution in [3.63, 3.8) is 0 Å². The molecule has 1 aromatic carbocycles. The lowest BCUT2D eigenvalue weighted by Crippen LogP contribution is -2.48. The largest absolute Gasteiger partial charge is 0.369 e. The summed E-state index contributed by atoms with van der Waals surface area (Å²) in [7, 11) is 0. The van der Waals surface area contributed by atoms with Crippen molar-refractivity contribution in [2.24, 2.45) is 0 Å². The lowest BCUT2D eigenvalue weighted by molar-refractivity contribution is 0.0952. The van der Waals surface area contributed by atoms with Gasteiger partial charge in [-0.3, -0.25) is 14.1 Å². The van der Waals surface area contributed by atoms with Crippen LogP contribution in [0.2, 0.25) is 0 Å². The van der Waals surface area contributed by atoms with Crippen molar-refractivity contribution in [3.8, 4) is 0 Å². The first-order valence-electron chi connectivity index (χ1n) is 9.43. The Labute approximate surface area is 171 Å². The number of imidazole rings is 1. The van der Waals surface area contributed by atoms with Crippen LogP contribution in [0.25, 0.3) is 15.3 Å². The van der Waals surface area contributed by atoms with E-state index in [4.69, 9.17) is 0 Å². The van der Waals surface area contributed by atoms with Gasteiger partial charge in [0.15, 0.2) is 4.96 Å². The van der Waals surface area contributed by atoms with E-state index in [9.17, 15) is 4.79 Å². The Balaban J connectivity index is 1.12. The molecule has 28 heavy (non-hydrogen) atoms. The van der Waals surface area contributed by atoms with Crippen LogP contribution in [0, 0.1) is 0 Å². The molecule has 0 radical (unpaired) electrons. The molecule has 1 amide bonds. The molecule has 1 fully saturated rings. The molecule has 8 heteroatoms. The van der Waals surface area contributed by atoms with Gasteiger partial charge in [0.2, 0.25) is 0 Å². The topological polar surface area (TPSA) is 52.9 Å². The smallest absolute Gasteiger partial charge is 0.261 e. The number of piperazine rings is 1. The van der Waals surface area contributed by atoms with Crippen LogP contribution >= 0.6 is 22.7 Å². The fourth-order valence-electron chi connectivity index (χ4n) is 3.64. The second-order valence-electron chi connectivity index (χ2n) is 6.89. The summed E-state index contributed by atoms with van der Waals surface area (Å²) in [6.45, 7) is 5.64. The predicted octanol–water partition coefficient (Wildman–Crippen LogP) is 3.16. The van der Waals surface area contributed by atoms with E-state index in [1.807, 2.05) is 22.0 Å². The summed E-state index contributed by atoms with van der Waals surface area (Å²) in [4.78, 5) is 24.5. The number of amides is 1. The van der Waals surface area contributed by atoms with Crippen molar-refractivity contribution in [1.82, 2.24) is 19.6 Å². The summed E-state index contributed by atoms with van der Waals surface area (Å²) in [5.74, 6) is -0.00472. The van der Waals surface area contributed by atoms with Crippen LogP contribution < -0.4 is 10.2 Å². The van der Waals surface area contributed by atoms with Crippen molar-refractivity contribution in [2.45, 2.75) is 0 Å². The average Bonchev–Trinajstić information content (AvgIpc) is 3.41. The summed E-state index contributed by atoms with van der Waals surface area (Å²) in [6, 6.07) is 12.5. The van der Waals surface area contributed by atoms with Gasteiger partial charge in [0.1, 0.15) is 4.83 Å². The number of thiophene rings is 1. The number of hydrogen-bond acceptors (Lipinski definition) is 6. The highest BCUT2D eigenvalue weighted by molar-refractivity contribution is 7.21. The Bertz CT molecular complexity index is 1090. The lowest BCUT2D eigenvalue weighted by Gasteiger charge is -2.36. The van der Waals surface area contributed by atoms with E-state index in [1.165, 1.54) is 17.0 Å². The zero-order valence-corrected chi connectivity index (χ0v) is 17.0. The molecule has 0 unspecified atom stereocenters. The van der Waals surface area contributed by atoms with Crippen molar-refractivity contribution in [3.05, 3.63) is 52.9 Å². The molecule has 0 spiro atoms. The van der Waals surface area contributed by atoms with Crippen molar-refractivity contribution in [2.75, 3.05) is 44.2 Å². The second kappa shape index (κ2) is 7.54. The Kier molecular flexibility index (Phi) is 4.76. The van der Waals surface area contributed by atoms with Crippen LogP contribution in [0.4, 0.5) is 5.69 Å². The van der Waals surface area contributed by atoms with Crippen molar-refractivity contribution < 1.29 is 4.79 Å². The normalized spacial score (nSPS) is 15.5. The van der Waals surface area contributed by atoms with Gasteiger partial charge >= 0.3 is 0 Å². The molecule has 0 atom stereocenters. The fourth-order valence-corrected chi connectivity index (χ4v) is 5.36. The summed E-state index contributed by atoms with van der Waals surface area (Å²) in [5, 5.41) is 5.07. The quantitative estimate of drug-likeness (QED) is 0.548. The van der Waals surface area contributed by atoms with Gasteiger partial charge in [-0.05, 0) is 18.2 Å². The minimum atomic E-state index is -0.00472. The third-order valence-electron chi connectivity index (χ3n) is 5.17. The molecule has 144 valence electrons. The molecule has 1 N–H and O–H groups in total. The number of para-hydroxylation sites is 1. The Morgan fingerprint density at radius 3 is 2.79 bits per heavy atom. The zero-order valence-electron chi connectivity index (χ0n) is 15.4. The molecule has 1 saturated heterocycles. The molecule has 0 bridgehead atoms. The Morgan fingerprint density at radius 1 is 1.14 bits per heavy atom.